The molecule has 1 aliphatic rings. The Morgan fingerprint density at radius 3 is 2.94 bits per heavy atom. The fraction of sp³-hybridized carbons (Fsp3) is 0.692. The normalized spacial score (nSPS) is 16.6. The number of aromatic nitrogens is 2. The van der Waals surface area contributed by atoms with Crippen LogP contribution in [0.15, 0.2) is 6.20 Å². The predicted molar refractivity (Wildman–Crippen MR) is 68.5 cm³/mol. The molecule has 1 unspecified atom stereocenters. The number of hydrogen-bond acceptors (Lipinski definition) is 3. The van der Waals surface area contributed by atoms with Crippen molar-refractivity contribution in [2.45, 2.75) is 51.7 Å². The maximum absolute atomic E-state index is 12.0. The Balaban J connectivity index is 2.14. The first kappa shape index (κ1) is 13.1. The van der Waals surface area contributed by atoms with Crippen LogP contribution in [0.2, 0.25) is 0 Å². The molecule has 2 rings (SSSR count). The monoisotopic (exact) mass is 251 g/mol. The van der Waals surface area contributed by atoms with Gasteiger partial charge in [-0.2, -0.15) is 5.10 Å². The first-order valence-electron chi connectivity index (χ1n) is 6.65. The summed E-state index contributed by atoms with van der Waals surface area (Å²) in [5, 5.41) is 16.2. The van der Waals surface area contributed by atoms with Crippen LogP contribution in [-0.2, 0) is 6.54 Å². The Morgan fingerprint density at radius 1 is 1.67 bits per heavy atom. The summed E-state index contributed by atoms with van der Waals surface area (Å²) in [6.07, 6.45) is 4.43. The third kappa shape index (κ3) is 2.90. The number of nitrogens with one attached hydrogen (secondary N) is 1. The van der Waals surface area contributed by atoms with Crippen LogP contribution >= 0.6 is 0 Å². The molecule has 0 bridgehead atoms. The van der Waals surface area contributed by atoms with E-state index in [1.54, 1.807) is 13.1 Å². The highest BCUT2D eigenvalue weighted by Crippen LogP contribution is 2.41. The van der Waals surface area contributed by atoms with Crippen LogP contribution in [0.3, 0.4) is 0 Å². The number of nitrogens with zero attached hydrogens (tertiary/aromatic N) is 2. The zero-order valence-electron chi connectivity index (χ0n) is 11.0. The van der Waals surface area contributed by atoms with Crippen LogP contribution in [0.25, 0.3) is 0 Å². The van der Waals surface area contributed by atoms with E-state index in [9.17, 15) is 9.90 Å². The molecule has 1 amide bonds. The van der Waals surface area contributed by atoms with Crippen molar-refractivity contribution in [1.82, 2.24) is 15.1 Å². The predicted octanol–water partition coefficient (Wildman–Crippen LogP) is 1.28. The molecule has 0 aliphatic heterocycles. The van der Waals surface area contributed by atoms with Gasteiger partial charge in [0.25, 0.3) is 5.91 Å². The van der Waals surface area contributed by atoms with E-state index in [1.165, 1.54) is 0 Å². The second kappa shape index (κ2) is 5.52. The molecule has 1 fully saturated rings. The lowest BCUT2D eigenvalue weighted by Crippen LogP contribution is -2.31. The minimum atomic E-state index is -0.524. The second-order valence-electron chi connectivity index (χ2n) is 5.00. The van der Waals surface area contributed by atoms with Crippen LogP contribution in [-0.4, -0.2) is 33.4 Å². The quantitative estimate of drug-likeness (QED) is 0.800. The van der Waals surface area contributed by atoms with Gasteiger partial charge < -0.3 is 10.4 Å². The molecular weight excluding hydrogens is 230 g/mol. The Kier molecular flexibility index (Phi) is 4.01. The average molecular weight is 251 g/mol. The van der Waals surface area contributed by atoms with E-state index in [0.29, 0.717) is 11.5 Å². The van der Waals surface area contributed by atoms with Crippen LogP contribution in [0.1, 0.15) is 55.1 Å². The SMILES string of the molecule is CCCn1ncc(C(=O)NCC(C)O)c1C1CC1. The van der Waals surface area contributed by atoms with Crippen molar-refractivity contribution in [1.29, 1.82) is 0 Å². The van der Waals surface area contributed by atoms with Crippen LogP contribution in [0, 0.1) is 0 Å². The number of aliphatic hydroxyl groups is 1. The summed E-state index contributed by atoms with van der Waals surface area (Å²) in [6, 6.07) is 0. The molecule has 1 heterocycles. The zero-order valence-corrected chi connectivity index (χ0v) is 11.0. The number of aryl methyl sites for hydroxylation is 1. The number of carbonyl (C=O) groups is 1. The molecule has 1 atom stereocenters. The van der Waals surface area contributed by atoms with Gasteiger partial charge in [-0.15, -0.1) is 0 Å². The third-order valence-electron chi connectivity index (χ3n) is 3.08. The first-order chi connectivity index (χ1) is 8.63. The van der Waals surface area contributed by atoms with E-state index >= 15 is 0 Å². The van der Waals surface area contributed by atoms with Crippen molar-refractivity contribution >= 4 is 5.91 Å². The number of amides is 1. The van der Waals surface area contributed by atoms with E-state index < -0.39 is 6.10 Å². The Hall–Kier alpha value is -1.36. The maximum atomic E-state index is 12.0. The van der Waals surface area contributed by atoms with Crippen molar-refractivity contribution in [3.8, 4) is 0 Å². The summed E-state index contributed by atoms with van der Waals surface area (Å²) >= 11 is 0. The van der Waals surface area contributed by atoms with E-state index in [2.05, 4.69) is 17.3 Å². The number of rotatable bonds is 6. The Bertz CT molecular complexity index is 422. The fourth-order valence-electron chi connectivity index (χ4n) is 2.08. The standard InChI is InChI=1S/C13H21N3O2/c1-3-6-16-12(10-4-5-10)11(8-15-16)13(18)14-7-9(2)17/h8-10,17H,3-7H2,1-2H3,(H,14,18). The van der Waals surface area contributed by atoms with Gasteiger partial charge in [0.1, 0.15) is 0 Å². The van der Waals surface area contributed by atoms with Gasteiger partial charge in [-0.05, 0) is 26.2 Å². The molecule has 5 heteroatoms. The molecular formula is C13H21N3O2. The Morgan fingerprint density at radius 2 is 2.39 bits per heavy atom. The van der Waals surface area contributed by atoms with Crippen molar-refractivity contribution in [3.05, 3.63) is 17.5 Å². The molecule has 1 aromatic heterocycles. The Labute approximate surface area is 107 Å². The second-order valence-corrected chi connectivity index (χ2v) is 5.00. The summed E-state index contributed by atoms with van der Waals surface area (Å²) in [5.41, 5.74) is 1.74. The number of carbonyl (C=O) groups excluding carboxylic acids is 1. The highest BCUT2D eigenvalue weighted by molar-refractivity contribution is 5.95. The topological polar surface area (TPSA) is 67.2 Å². The van der Waals surface area contributed by atoms with Gasteiger partial charge in [-0.3, -0.25) is 9.48 Å². The van der Waals surface area contributed by atoms with Gasteiger partial charge >= 0.3 is 0 Å². The highest BCUT2D eigenvalue weighted by atomic mass is 16.3. The maximum Gasteiger partial charge on any atom is 0.254 e. The van der Waals surface area contributed by atoms with Crippen molar-refractivity contribution < 1.29 is 9.90 Å². The minimum Gasteiger partial charge on any atom is -0.392 e. The summed E-state index contributed by atoms with van der Waals surface area (Å²) in [7, 11) is 0. The molecule has 0 saturated heterocycles. The van der Waals surface area contributed by atoms with E-state index in [-0.39, 0.29) is 12.5 Å². The van der Waals surface area contributed by atoms with Gasteiger partial charge in [0.05, 0.1) is 23.6 Å². The first-order valence-corrected chi connectivity index (χ1v) is 6.65. The lowest BCUT2D eigenvalue weighted by molar-refractivity contribution is 0.0923. The molecule has 5 nitrogen and oxygen atoms in total. The lowest BCUT2D eigenvalue weighted by Gasteiger charge is -2.09. The van der Waals surface area contributed by atoms with Crippen molar-refractivity contribution in [2.24, 2.45) is 0 Å². The molecule has 0 spiro atoms. The number of hydrogen-bond donors (Lipinski definition) is 2. The van der Waals surface area contributed by atoms with E-state index in [4.69, 9.17) is 0 Å². The summed E-state index contributed by atoms with van der Waals surface area (Å²) in [5.74, 6) is 0.367. The molecule has 1 aromatic rings. The summed E-state index contributed by atoms with van der Waals surface area (Å²) < 4.78 is 1.95. The highest BCUT2D eigenvalue weighted by Gasteiger charge is 2.32. The fourth-order valence-corrected chi connectivity index (χ4v) is 2.08. The van der Waals surface area contributed by atoms with Crippen LogP contribution in [0.5, 0.6) is 0 Å². The van der Waals surface area contributed by atoms with Gasteiger partial charge in [-0.25, -0.2) is 0 Å². The summed E-state index contributed by atoms with van der Waals surface area (Å²) in [4.78, 5) is 12.0. The molecule has 18 heavy (non-hydrogen) atoms. The third-order valence-corrected chi connectivity index (χ3v) is 3.08. The molecule has 0 aromatic carbocycles. The minimum absolute atomic E-state index is 0.125. The van der Waals surface area contributed by atoms with Crippen molar-refractivity contribution in [2.75, 3.05) is 6.54 Å². The molecule has 1 saturated carbocycles. The van der Waals surface area contributed by atoms with Crippen LogP contribution in [0.4, 0.5) is 0 Å². The molecule has 1 aliphatic carbocycles. The zero-order chi connectivity index (χ0) is 13.1. The lowest BCUT2D eigenvalue weighted by atomic mass is 10.1. The average Bonchev–Trinajstić information content (AvgIpc) is 3.08. The van der Waals surface area contributed by atoms with Crippen LogP contribution < -0.4 is 5.32 Å². The van der Waals surface area contributed by atoms with E-state index in [0.717, 1.165) is 31.5 Å². The molecule has 2 N–H and O–H groups in total. The van der Waals surface area contributed by atoms with Gasteiger partial charge in [0, 0.05) is 19.0 Å². The number of aliphatic hydroxyl groups excluding tert-OH is 1. The summed E-state index contributed by atoms with van der Waals surface area (Å²) in [6.45, 7) is 4.89. The largest absolute Gasteiger partial charge is 0.392 e. The smallest absolute Gasteiger partial charge is 0.254 e. The molecule has 100 valence electrons. The van der Waals surface area contributed by atoms with Crippen molar-refractivity contribution in [3.63, 3.8) is 0 Å². The van der Waals surface area contributed by atoms with Gasteiger partial charge in [-0.1, -0.05) is 6.92 Å². The molecule has 0 radical (unpaired) electrons. The van der Waals surface area contributed by atoms with Gasteiger partial charge in [0.15, 0.2) is 0 Å². The van der Waals surface area contributed by atoms with E-state index in [1.807, 2.05) is 4.68 Å². The van der Waals surface area contributed by atoms with Gasteiger partial charge in [0.2, 0.25) is 0 Å².